The molecule has 1 heterocycles. The number of carbonyl (C=O) groups excluding carboxylic acids is 3. The Morgan fingerprint density at radius 3 is 2.25 bits per heavy atom. The molecule has 3 amide bonds. The fourth-order valence-corrected chi connectivity index (χ4v) is 3.48. The Kier molecular flexibility index (Phi) is 10.2. The molecule has 4 unspecified atom stereocenters. The maximum atomic E-state index is 12.5. The lowest BCUT2D eigenvalue weighted by atomic mass is 10.0. The average molecular weight is 503 g/mol. The van der Waals surface area contributed by atoms with Crippen LogP contribution in [0.5, 0.6) is 0 Å². The number of carboxylic acids is 1. The Hall–Kier alpha value is -4.13. The number of aromatic nitrogens is 1. The molecule has 0 spiro atoms. The van der Waals surface area contributed by atoms with Gasteiger partial charge in [-0.2, -0.15) is 0 Å². The number of carboxylic acid groups (broad SMARTS) is 1. The number of rotatable bonds is 13. The van der Waals surface area contributed by atoms with Gasteiger partial charge in [-0.15, -0.1) is 0 Å². The van der Waals surface area contributed by atoms with E-state index in [1.807, 2.05) is 24.3 Å². The molecule has 196 valence electrons. The van der Waals surface area contributed by atoms with Gasteiger partial charge in [-0.25, -0.2) is 4.79 Å². The smallest absolute Gasteiger partial charge is 0.326 e. The summed E-state index contributed by atoms with van der Waals surface area (Å²) in [6, 6.07) is 3.54. The summed E-state index contributed by atoms with van der Waals surface area (Å²) < 4.78 is 0. The summed E-state index contributed by atoms with van der Waals surface area (Å²) in [6.45, 7) is 3.08. The largest absolute Gasteiger partial charge is 0.480 e. The van der Waals surface area contributed by atoms with Crippen LogP contribution in [0.1, 0.15) is 32.3 Å². The summed E-state index contributed by atoms with van der Waals surface area (Å²) in [7, 11) is 0. The van der Waals surface area contributed by atoms with Crippen LogP contribution >= 0.6 is 0 Å². The van der Waals surface area contributed by atoms with Gasteiger partial charge >= 0.3 is 5.97 Å². The summed E-state index contributed by atoms with van der Waals surface area (Å²) in [6.07, 6.45) is 2.49. The highest BCUT2D eigenvalue weighted by Crippen LogP contribution is 2.18. The van der Waals surface area contributed by atoms with E-state index >= 15 is 0 Å². The first-order valence-electron chi connectivity index (χ1n) is 11.5. The Bertz CT molecular complexity index is 1110. The maximum absolute atomic E-state index is 12.5. The van der Waals surface area contributed by atoms with Crippen molar-refractivity contribution in [3.63, 3.8) is 0 Å². The number of guanidine groups is 1. The van der Waals surface area contributed by atoms with E-state index in [1.54, 1.807) is 6.20 Å². The zero-order valence-electron chi connectivity index (χ0n) is 20.3. The van der Waals surface area contributed by atoms with Crippen molar-refractivity contribution in [2.45, 2.75) is 57.3 Å². The third-order valence-electron chi connectivity index (χ3n) is 5.52. The van der Waals surface area contributed by atoms with Crippen LogP contribution in [0, 0.1) is 0 Å². The molecular formula is C23H34N8O5. The Balaban J connectivity index is 1.84. The van der Waals surface area contributed by atoms with Crippen LogP contribution in [0.3, 0.4) is 0 Å². The second-order valence-electron chi connectivity index (χ2n) is 8.48. The molecular weight excluding hydrogens is 468 g/mol. The SMILES string of the molecule is CC(NC(=O)C(N)Cc1c[nH]c2ccccc12)C(=O)NC(C)C(=O)NC(CCCN=C(N)N)C(=O)O. The van der Waals surface area contributed by atoms with Crippen molar-refractivity contribution in [2.75, 3.05) is 6.54 Å². The summed E-state index contributed by atoms with van der Waals surface area (Å²) >= 11 is 0. The van der Waals surface area contributed by atoms with Crippen molar-refractivity contribution in [2.24, 2.45) is 22.2 Å². The molecule has 0 aliphatic rings. The number of hydrogen-bond acceptors (Lipinski definition) is 6. The van der Waals surface area contributed by atoms with Crippen LogP contribution in [0.4, 0.5) is 0 Å². The number of aliphatic imine (C=N–C) groups is 1. The molecule has 11 N–H and O–H groups in total. The number of aliphatic carboxylic acids is 1. The van der Waals surface area contributed by atoms with E-state index in [4.69, 9.17) is 17.2 Å². The van der Waals surface area contributed by atoms with E-state index in [1.165, 1.54) is 13.8 Å². The molecule has 1 aromatic heterocycles. The van der Waals surface area contributed by atoms with Gasteiger partial charge in [0.25, 0.3) is 0 Å². The van der Waals surface area contributed by atoms with Gasteiger partial charge in [0.05, 0.1) is 6.04 Å². The lowest BCUT2D eigenvalue weighted by molar-refractivity contribution is -0.142. The third kappa shape index (κ3) is 8.27. The highest BCUT2D eigenvalue weighted by Gasteiger charge is 2.26. The quantitative estimate of drug-likeness (QED) is 0.0926. The predicted molar refractivity (Wildman–Crippen MR) is 135 cm³/mol. The number of H-pyrrole nitrogens is 1. The van der Waals surface area contributed by atoms with E-state index in [0.29, 0.717) is 6.42 Å². The number of carbonyl (C=O) groups is 4. The first-order chi connectivity index (χ1) is 17.0. The molecule has 0 radical (unpaired) electrons. The predicted octanol–water partition coefficient (Wildman–Crippen LogP) is -1.33. The van der Waals surface area contributed by atoms with Crippen molar-refractivity contribution in [1.29, 1.82) is 0 Å². The zero-order chi connectivity index (χ0) is 26.8. The molecule has 0 aliphatic carbocycles. The number of nitrogens with two attached hydrogens (primary N) is 3. The van der Waals surface area contributed by atoms with Crippen molar-refractivity contribution >= 4 is 40.6 Å². The van der Waals surface area contributed by atoms with Gasteiger partial charge < -0.3 is 43.2 Å². The monoisotopic (exact) mass is 502 g/mol. The van der Waals surface area contributed by atoms with Crippen LogP contribution in [0.15, 0.2) is 35.5 Å². The summed E-state index contributed by atoms with van der Waals surface area (Å²) in [5.74, 6) is -3.16. The first kappa shape index (κ1) is 28.1. The number of fused-ring (bicyclic) bond motifs is 1. The van der Waals surface area contributed by atoms with E-state index in [9.17, 15) is 24.3 Å². The van der Waals surface area contributed by atoms with Crippen molar-refractivity contribution < 1.29 is 24.3 Å². The minimum Gasteiger partial charge on any atom is -0.480 e. The molecule has 36 heavy (non-hydrogen) atoms. The van der Waals surface area contributed by atoms with Crippen LogP contribution in [0.2, 0.25) is 0 Å². The number of benzene rings is 1. The molecule has 1 aromatic carbocycles. The molecule has 4 atom stereocenters. The minimum absolute atomic E-state index is 0.0965. The second kappa shape index (κ2) is 13.1. The fourth-order valence-electron chi connectivity index (χ4n) is 3.48. The van der Waals surface area contributed by atoms with Crippen molar-refractivity contribution in [1.82, 2.24) is 20.9 Å². The normalized spacial score (nSPS) is 14.2. The number of para-hydroxylation sites is 1. The Morgan fingerprint density at radius 1 is 1.00 bits per heavy atom. The van der Waals surface area contributed by atoms with Gasteiger partial charge in [0, 0.05) is 23.6 Å². The van der Waals surface area contributed by atoms with E-state index < -0.39 is 47.9 Å². The fraction of sp³-hybridized carbons (Fsp3) is 0.435. The first-order valence-corrected chi connectivity index (χ1v) is 11.5. The van der Waals surface area contributed by atoms with Gasteiger partial charge in [0.1, 0.15) is 18.1 Å². The Labute approximate surface area is 208 Å². The van der Waals surface area contributed by atoms with Gasteiger partial charge in [0.2, 0.25) is 17.7 Å². The van der Waals surface area contributed by atoms with Crippen molar-refractivity contribution in [3.05, 3.63) is 36.0 Å². The zero-order valence-corrected chi connectivity index (χ0v) is 20.3. The lowest BCUT2D eigenvalue weighted by Crippen LogP contribution is -2.55. The van der Waals surface area contributed by atoms with Crippen molar-refractivity contribution in [3.8, 4) is 0 Å². The van der Waals surface area contributed by atoms with Crippen LogP contribution in [-0.2, 0) is 25.6 Å². The van der Waals surface area contributed by atoms with Crippen LogP contribution < -0.4 is 33.2 Å². The highest BCUT2D eigenvalue weighted by atomic mass is 16.4. The van der Waals surface area contributed by atoms with Gasteiger partial charge in [-0.1, -0.05) is 18.2 Å². The van der Waals surface area contributed by atoms with Gasteiger partial charge in [0.15, 0.2) is 5.96 Å². The van der Waals surface area contributed by atoms with E-state index in [0.717, 1.165) is 16.5 Å². The molecule has 0 bridgehead atoms. The van der Waals surface area contributed by atoms with E-state index in [-0.39, 0.29) is 25.3 Å². The maximum Gasteiger partial charge on any atom is 0.326 e. The van der Waals surface area contributed by atoms with Gasteiger partial charge in [-0.3, -0.25) is 19.4 Å². The number of hydrogen-bond donors (Lipinski definition) is 8. The standard InChI is InChI=1S/C23H34N8O5/c1-12(30-21(34)16(24)10-14-11-28-17-7-4-3-6-15(14)17)19(32)29-13(2)20(33)31-18(22(35)36)8-5-9-27-23(25)26/h3-4,6-7,11-13,16,18,28H,5,8-10,24H2,1-2H3,(H,29,32)(H,30,34)(H,31,33)(H,35,36)(H4,25,26,27). The molecule has 13 heteroatoms. The minimum atomic E-state index is -1.23. The number of nitrogens with zero attached hydrogens (tertiary/aromatic N) is 1. The highest BCUT2D eigenvalue weighted by molar-refractivity contribution is 5.94. The average Bonchev–Trinajstić information content (AvgIpc) is 3.23. The lowest BCUT2D eigenvalue weighted by Gasteiger charge is -2.21. The van der Waals surface area contributed by atoms with Crippen LogP contribution in [0.25, 0.3) is 10.9 Å². The Morgan fingerprint density at radius 2 is 1.61 bits per heavy atom. The third-order valence-corrected chi connectivity index (χ3v) is 5.52. The number of nitrogens with one attached hydrogen (secondary N) is 4. The molecule has 2 rings (SSSR count). The molecule has 13 nitrogen and oxygen atoms in total. The van der Waals surface area contributed by atoms with Crippen LogP contribution in [-0.4, -0.2) is 70.5 Å². The molecule has 0 aliphatic heterocycles. The number of amides is 3. The topological polar surface area (TPSA) is 231 Å². The molecule has 0 saturated carbocycles. The summed E-state index contributed by atoms with van der Waals surface area (Å²) in [5, 5.41) is 17.7. The molecule has 2 aromatic rings. The molecule has 0 fully saturated rings. The summed E-state index contributed by atoms with van der Waals surface area (Å²) in [4.78, 5) is 55.8. The summed E-state index contributed by atoms with van der Waals surface area (Å²) in [5.41, 5.74) is 18.3. The van der Waals surface area contributed by atoms with E-state index in [2.05, 4.69) is 25.9 Å². The number of aromatic amines is 1. The second-order valence-corrected chi connectivity index (χ2v) is 8.48. The molecule has 0 saturated heterocycles. The van der Waals surface area contributed by atoms with Gasteiger partial charge in [-0.05, 0) is 44.7 Å².